The molecule has 0 aliphatic heterocycles. The monoisotopic (exact) mass is 231 g/mol. The van der Waals surface area contributed by atoms with Crippen LogP contribution >= 0.6 is 0 Å². The van der Waals surface area contributed by atoms with Gasteiger partial charge in [-0.25, -0.2) is 4.98 Å². The number of aromatic nitrogens is 2. The fourth-order valence-electron chi connectivity index (χ4n) is 2.18. The Morgan fingerprint density at radius 1 is 1.24 bits per heavy atom. The Hall–Kier alpha value is -1.35. The van der Waals surface area contributed by atoms with Crippen molar-refractivity contribution in [2.24, 2.45) is 5.73 Å². The predicted octanol–water partition coefficient (Wildman–Crippen LogP) is 2.90. The van der Waals surface area contributed by atoms with Crippen molar-refractivity contribution in [2.45, 2.75) is 39.2 Å². The number of aryl methyl sites for hydroxylation is 1. The fourth-order valence-corrected chi connectivity index (χ4v) is 2.18. The third-order valence-corrected chi connectivity index (χ3v) is 3.04. The van der Waals surface area contributed by atoms with Crippen molar-refractivity contribution in [1.29, 1.82) is 0 Å². The Kier molecular flexibility index (Phi) is 3.79. The molecule has 1 heterocycles. The molecule has 0 atom stereocenters. The van der Waals surface area contributed by atoms with Crippen LogP contribution in [0.1, 0.15) is 38.4 Å². The summed E-state index contributed by atoms with van der Waals surface area (Å²) >= 11 is 0. The van der Waals surface area contributed by atoms with Crippen LogP contribution in [0, 0.1) is 0 Å². The molecule has 2 N–H and O–H groups in total. The zero-order chi connectivity index (χ0) is 12.3. The van der Waals surface area contributed by atoms with Gasteiger partial charge in [0.25, 0.3) is 0 Å². The number of fused-ring (bicyclic) bond motifs is 1. The van der Waals surface area contributed by atoms with Gasteiger partial charge < -0.3 is 10.3 Å². The molecule has 92 valence electrons. The van der Waals surface area contributed by atoms with E-state index >= 15 is 0 Å². The zero-order valence-electron chi connectivity index (χ0n) is 10.7. The minimum atomic E-state index is 0.459. The molecule has 0 spiro atoms. The number of benzene rings is 1. The summed E-state index contributed by atoms with van der Waals surface area (Å²) in [5, 5.41) is 0. The minimum absolute atomic E-state index is 0.459. The Bertz CT molecular complexity index is 485. The molecular formula is C14H21N3. The highest BCUT2D eigenvalue weighted by Crippen LogP contribution is 2.22. The number of rotatable bonds is 5. The Morgan fingerprint density at radius 3 is 2.71 bits per heavy atom. The highest BCUT2D eigenvalue weighted by molar-refractivity contribution is 5.76. The van der Waals surface area contributed by atoms with Crippen molar-refractivity contribution in [3.8, 4) is 0 Å². The first kappa shape index (κ1) is 12.1. The molecule has 2 aromatic rings. The van der Waals surface area contributed by atoms with Gasteiger partial charge in [0.2, 0.25) is 0 Å². The van der Waals surface area contributed by atoms with E-state index in [1.165, 1.54) is 11.3 Å². The summed E-state index contributed by atoms with van der Waals surface area (Å²) in [6.45, 7) is 6.18. The number of nitrogens with zero attached hydrogens (tertiary/aromatic N) is 2. The highest BCUT2D eigenvalue weighted by Gasteiger charge is 2.12. The molecule has 0 bridgehead atoms. The molecule has 0 radical (unpaired) electrons. The molecule has 3 nitrogen and oxygen atoms in total. The van der Waals surface area contributed by atoms with E-state index in [9.17, 15) is 0 Å². The third kappa shape index (κ3) is 2.50. The van der Waals surface area contributed by atoms with Gasteiger partial charge in [-0.1, -0.05) is 26.0 Å². The van der Waals surface area contributed by atoms with Crippen LogP contribution in [0.3, 0.4) is 0 Å². The summed E-state index contributed by atoms with van der Waals surface area (Å²) in [7, 11) is 0. The molecule has 0 unspecified atom stereocenters. The fraction of sp³-hybridized carbons (Fsp3) is 0.500. The molecule has 1 aromatic heterocycles. The second kappa shape index (κ2) is 5.32. The summed E-state index contributed by atoms with van der Waals surface area (Å²) in [6.07, 6.45) is 2.20. The van der Waals surface area contributed by atoms with Crippen LogP contribution in [-0.4, -0.2) is 16.1 Å². The van der Waals surface area contributed by atoms with Crippen LogP contribution < -0.4 is 5.73 Å². The molecule has 1 aromatic carbocycles. The number of nitrogens with two attached hydrogens (primary N) is 1. The van der Waals surface area contributed by atoms with Gasteiger partial charge in [-0.15, -0.1) is 0 Å². The maximum atomic E-state index is 5.55. The lowest BCUT2D eigenvalue weighted by Crippen LogP contribution is -2.07. The van der Waals surface area contributed by atoms with E-state index in [1.54, 1.807) is 0 Å². The minimum Gasteiger partial charge on any atom is -0.330 e. The van der Waals surface area contributed by atoms with E-state index in [1.807, 2.05) is 6.07 Å². The second-order valence-electron chi connectivity index (χ2n) is 4.76. The van der Waals surface area contributed by atoms with Crippen molar-refractivity contribution in [1.82, 2.24) is 9.55 Å². The third-order valence-electron chi connectivity index (χ3n) is 3.04. The van der Waals surface area contributed by atoms with Crippen molar-refractivity contribution in [2.75, 3.05) is 6.54 Å². The van der Waals surface area contributed by atoms with Crippen LogP contribution in [0.5, 0.6) is 0 Å². The summed E-state index contributed by atoms with van der Waals surface area (Å²) in [5.74, 6) is 1.64. The van der Waals surface area contributed by atoms with E-state index in [0.717, 1.165) is 31.4 Å². The Labute approximate surface area is 103 Å². The normalized spacial score (nSPS) is 11.5. The summed E-state index contributed by atoms with van der Waals surface area (Å²) in [5.41, 5.74) is 7.90. The van der Waals surface area contributed by atoms with E-state index in [2.05, 4.69) is 36.6 Å². The van der Waals surface area contributed by atoms with Crippen molar-refractivity contribution >= 4 is 11.0 Å². The van der Waals surface area contributed by atoms with Crippen molar-refractivity contribution in [3.63, 3.8) is 0 Å². The Balaban J connectivity index is 2.37. The van der Waals surface area contributed by atoms with Gasteiger partial charge in [0.1, 0.15) is 5.82 Å². The molecule has 0 saturated heterocycles. The van der Waals surface area contributed by atoms with E-state index in [0.29, 0.717) is 5.92 Å². The first-order chi connectivity index (χ1) is 8.24. The molecule has 2 rings (SSSR count). The smallest absolute Gasteiger partial charge is 0.112 e. The van der Waals surface area contributed by atoms with Gasteiger partial charge in [0.15, 0.2) is 0 Å². The number of hydrogen-bond acceptors (Lipinski definition) is 2. The van der Waals surface area contributed by atoms with Crippen LogP contribution in [-0.2, 0) is 6.54 Å². The second-order valence-corrected chi connectivity index (χ2v) is 4.76. The number of imidazole rings is 1. The van der Waals surface area contributed by atoms with E-state index < -0.39 is 0 Å². The van der Waals surface area contributed by atoms with Gasteiger partial charge in [0.05, 0.1) is 11.0 Å². The lowest BCUT2D eigenvalue weighted by Gasteiger charge is -2.10. The van der Waals surface area contributed by atoms with Gasteiger partial charge >= 0.3 is 0 Å². The van der Waals surface area contributed by atoms with E-state index in [4.69, 9.17) is 10.7 Å². The summed E-state index contributed by atoms with van der Waals surface area (Å²) in [4.78, 5) is 4.72. The molecule has 17 heavy (non-hydrogen) atoms. The summed E-state index contributed by atoms with van der Waals surface area (Å²) < 4.78 is 2.34. The lowest BCUT2D eigenvalue weighted by molar-refractivity contribution is 0.585. The average molecular weight is 231 g/mol. The molecule has 0 fully saturated rings. The standard InChI is InChI=1S/C14H21N3/c1-11(2)14-16-12-7-3-4-8-13(12)17(14)10-6-5-9-15/h3-4,7-8,11H,5-6,9-10,15H2,1-2H3. The zero-order valence-corrected chi connectivity index (χ0v) is 10.7. The summed E-state index contributed by atoms with van der Waals surface area (Å²) in [6, 6.07) is 8.36. The number of unbranched alkanes of at least 4 members (excludes halogenated alkanes) is 1. The van der Waals surface area contributed by atoms with Gasteiger partial charge in [-0.05, 0) is 31.5 Å². The highest BCUT2D eigenvalue weighted by atomic mass is 15.1. The molecule has 0 aliphatic rings. The van der Waals surface area contributed by atoms with Crippen LogP contribution in [0.15, 0.2) is 24.3 Å². The van der Waals surface area contributed by atoms with Gasteiger partial charge in [0, 0.05) is 12.5 Å². The molecule has 0 saturated carbocycles. The van der Waals surface area contributed by atoms with Gasteiger partial charge in [-0.3, -0.25) is 0 Å². The molecule has 0 aliphatic carbocycles. The first-order valence-electron chi connectivity index (χ1n) is 6.39. The maximum absolute atomic E-state index is 5.55. The average Bonchev–Trinajstić information content (AvgIpc) is 2.69. The topological polar surface area (TPSA) is 43.8 Å². The Morgan fingerprint density at radius 2 is 2.00 bits per heavy atom. The van der Waals surface area contributed by atoms with Crippen molar-refractivity contribution in [3.05, 3.63) is 30.1 Å². The molecule has 3 heteroatoms. The quantitative estimate of drug-likeness (QED) is 0.804. The number of hydrogen-bond donors (Lipinski definition) is 1. The van der Waals surface area contributed by atoms with Crippen LogP contribution in [0.25, 0.3) is 11.0 Å². The lowest BCUT2D eigenvalue weighted by atomic mass is 10.2. The van der Waals surface area contributed by atoms with Gasteiger partial charge in [-0.2, -0.15) is 0 Å². The molecular weight excluding hydrogens is 210 g/mol. The maximum Gasteiger partial charge on any atom is 0.112 e. The van der Waals surface area contributed by atoms with Crippen molar-refractivity contribution < 1.29 is 0 Å². The number of para-hydroxylation sites is 2. The molecule has 0 amide bonds. The largest absolute Gasteiger partial charge is 0.330 e. The van der Waals surface area contributed by atoms with E-state index in [-0.39, 0.29) is 0 Å². The predicted molar refractivity (Wildman–Crippen MR) is 72.1 cm³/mol. The SMILES string of the molecule is CC(C)c1nc2ccccc2n1CCCCN. The first-order valence-corrected chi connectivity index (χ1v) is 6.39. The van der Waals surface area contributed by atoms with Crippen LogP contribution in [0.4, 0.5) is 0 Å². The van der Waals surface area contributed by atoms with Crippen LogP contribution in [0.2, 0.25) is 0 Å².